The molecule has 0 atom stereocenters. The van der Waals surface area contributed by atoms with Gasteiger partial charge in [0.15, 0.2) is 5.82 Å². The van der Waals surface area contributed by atoms with E-state index in [-0.39, 0.29) is 34.5 Å². The number of aromatic nitrogens is 4. The molecule has 0 spiro atoms. The summed E-state index contributed by atoms with van der Waals surface area (Å²) in [5, 5.41) is 5.63. The molecule has 2 aromatic heterocycles. The molecule has 0 aliphatic carbocycles. The maximum atomic E-state index is 13.5. The third-order valence-corrected chi connectivity index (χ3v) is 3.80. The first-order chi connectivity index (χ1) is 14.4. The SMILES string of the molecule is CC(C)(C)CNc1nc(Nc2cc(F)cc(F)c2)nc(-c2cccc(C(F)(F)F)n2)n1. The zero-order chi connectivity index (χ0) is 22.8. The Kier molecular flexibility index (Phi) is 6.05. The molecular weight excluding hydrogens is 419 g/mol. The lowest BCUT2D eigenvalue weighted by Crippen LogP contribution is -2.21. The Balaban J connectivity index is 2.02. The van der Waals surface area contributed by atoms with Crippen molar-refractivity contribution in [1.29, 1.82) is 0 Å². The molecule has 1 aromatic carbocycles. The third kappa shape index (κ3) is 6.30. The Labute approximate surface area is 175 Å². The van der Waals surface area contributed by atoms with Crippen molar-refractivity contribution >= 4 is 17.6 Å². The predicted molar refractivity (Wildman–Crippen MR) is 106 cm³/mol. The van der Waals surface area contributed by atoms with Crippen molar-refractivity contribution in [2.75, 3.05) is 17.2 Å². The van der Waals surface area contributed by atoms with Crippen LogP contribution in [0.4, 0.5) is 39.5 Å². The maximum absolute atomic E-state index is 13.5. The molecule has 0 unspecified atom stereocenters. The van der Waals surface area contributed by atoms with Crippen LogP contribution in [-0.4, -0.2) is 26.5 Å². The summed E-state index contributed by atoms with van der Waals surface area (Å²) in [4.78, 5) is 16.0. The Hall–Kier alpha value is -3.37. The largest absolute Gasteiger partial charge is 0.433 e. The molecule has 3 aromatic rings. The number of hydrogen-bond donors (Lipinski definition) is 2. The predicted octanol–water partition coefficient (Wildman–Crippen LogP) is 5.43. The highest BCUT2D eigenvalue weighted by molar-refractivity contribution is 5.59. The van der Waals surface area contributed by atoms with Crippen LogP contribution < -0.4 is 10.6 Å². The van der Waals surface area contributed by atoms with Crippen LogP contribution in [0.3, 0.4) is 0 Å². The van der Waals surface area contributed by atoms with Crippen molar-refractivity contribution in [3.05, 3.63) is 53.7 Å². The van der Waals surface area contributed by atoms with Crippen molar-refractivity contribution in [3.63, 3.8) is 0 Å². The Morgan fingerprint density at radius 2 is 1.48 bits per heavy atom. The number of pyridine rings is 1. The highest BCUT2D eigenvalue weighted by atomic mass is 19.4. The molecule has 3 rings (SSSR count). The summed E-state index contributed by atoms with van der Waals surface area (Å²) in [6.07, 6.45) is -4.64. The molecule has 0 bridgehead atoms. The van der Waals surface area contributed by atoms with Gasteiger partial charge in [-0.3, -0.25) is 0 Å². The smallest absolute Gasteiger partial charge is 0.354 e. The lowest BCUT2D eigenvalue weighted by atomic mass is 9.97. The molecule has 164 valence electrons. The lowest BCUT2D eigenvalue weighted by molar-refractivity contribution is -0.141. The number of rotatable bonds is 5. The first kappa shape index (κ1) is 22.3. The molecule has 6 nitrogen and oxygen atoms in total. The van der Waals surface area contributed by atoms with Crippen molar-refractivity contribution < 1.29 is 22.0 Å². The first-order valence-electron chi connectivity index (χ1n) is 9.17. The number of alkyl halides is 3. The fraction of sp³-hybridized carbons (Fsp3) is 0.300. The van der Waals surface area contributed by atoms with Crippen molar-refractivity contribution in [1.82, 2.24) is 19.9 Å². The maximum Gasteiger partial charge on any atom is 0.433 e. The number of anilines is 3. The van der Waals surface area contributed by atoms with E-state index in [0.717, 1.165) is 18.2 Å². The second-order valence-corrected chi connectivity index (χ2v) is 7.91. The van der Waals surface area contributed by atoms with Crippen LogP contribution in [0.5, 0.6) is 0 Å². The zero-order valence-corrected chi connectivity index (χ0v) is 16.8. The molecule has 0 aliphatic rings. The minimum absolute atomic E-state index is 0.0217. The van der Waals surface area contributed by atoms with Gasteiger partial charge in [-0.1, -0.05) is 26.8 Å². The van der Waals surface area contributed by atoms with E-state index in [9.17, 15) is 22.0 Å². The van der Waals surface area contributed by atoms with Gasteiger partial charge >= 0.3 is 6.18 Å². The molecule has 31 heavy (non-hydrogen) atoms. The van der Waals surface area contributed by atoms with Crippen LogP contribution in [0, 0.1) is 17.0 Å². The number of nitrogens with one attached hydrogen (secondary N) is 2. The van der Waals surface area contributed by atoms with Crippen LogP contribution in [0.2, 0.25) is 0 Å². The van der Waals surface area contributed by atoms with Gasteiger partial charge in [-0.05, 0) is 29.7 Å². The van der Waals surface area contributed by atoms with Gasteiger partial charge < -0.3 is 10.6 Å². The fourth-order valence-electron chi connectivity index (χ4n) is 2.44. The molecule has 0 saturated heterocycles. The summed E-state index contributed by atoms with van der Waals surface area (Å²) in [5.74, 6) is -1.83. The first-order valence-corrected chi connectivity index (χ1v) is 9.17. The highest BCUT2D eigenvalue weighted by Gasteiger charge is 2.32. The third-order valence-electron chi connectivity index (χ3n) is 3.80. The van der Waals surface area contributed by atoms with Gasteiger partial charge in [-0.25, -0.2) is 13.8 Å². The van der Waals surface area contributed by atoms with Gasteiger partial charge in [0.1, 0.15) is 23.0 Å². The van der Waals surface area contributed by atoms with Gasteiger partial charge in [0.05, 0.1) is 0 Å². The van der Waals surface area contributed by atoms with Gasteiger partial charge in [-0.2, -0.15) is 28.1 Å². The van der Waals surface area contributed by atoms with E-state index >= 15 is 0 Å². The molecule has 0 aliphatic heterocycles. The van der Waals surface area contributed by atoms with E-state index in [1.165, 1.54) is 12.1 Å². The molecule has 2 N–H and O–H groups in total. The Morgan fingerprint density at radius 1 is 0.839 bits per heavy atom. The second-order valence-electron chi connectivity index (χ2n) is 7.91. The zero-order valence-electron chi connectivity index (χ0n) is 16.8. The average molecular weight is 438 g/mol. The summed E-state index contributed by atoms with van der Waals surface area (Å²) < 4.78 is 66.1. The van der Waals surface area contributed by atoms with E-state index in [0.29, 0.717) is 12.6 Å². The van der Waals surface area contributed by atoms with E-state index < -0.39 is 23.5 Å². The summed E-state index contributed by atoms with van der Waals surface area (Å²) in [6, 6.07) is 6.09. The molecule has 2 heterocycles. The Morgan fingerprint density at radius 3 is 2.10 bits per heavy atom. The fourth-order valence-corrected chi connectivity index (χ4v) is 2.44. The summed E-state index contributed by atoms with van der Waals surface area (Å²) in [7, 11) is 0. The summed E-state index contributed by atoms with van der Waals surface area (Å²) in [5.41, 5.74) is -1.37. The van der Waals surface area contributed by atoms with Gasteiger partial charge in [0.25, 0.3) is 0 Å². The lowest BCUT2D eigenvalue weighted by Gasteiger charge is -2.19. The van der Waals surface area contributed by atoms with E-state index in [1.54, 1.807) is 0 Å². The average Bonchev–Trinajstić information content (AvgIpc) is 2.64. The van der Waals surface area contributed by atoms with Gasteiger partial charge in [0, 0.05) is 18.3 Å². The molecule has 0 saturated carbocycles. The summed E-state index contributed by atoms with van der Waals surface area (Å²) in [6.45, 7) is 6.34. The highest BCUT2D eigenvalue weighted by Crippen LogP contribution is 2.29. The van der Waals surface area contributed by atoms with Crippen LogP contribution >= 0.6 is 0 Å². The summed E-state index contributed by atoms with van der Waals surface area (Å²) >= 11 is 0. The topological polar surface area (TPSA) is 75.6 Å². The van der Waals surface area contributed by atoms with Crippen LogP contribution in [-0.2, 0) is 6.18 Å². The van der Waals surface area contributed by atoms with E-state index in [4.69, 9.17) is 0 Å². The monoisotopic (exact) mass is 438 g/mol. The van der Waals surface area contributed by atoms with Crippen molar-refractivity contribution in [2.24, 2.45) is 5.41 Å². The van der Waals surface area contributed by atoms with E-state index in [2.05, 4.69) is 30.6 Å². The quantitative estimate of drug-likeness (QED) is 0.518. The molecule has 11 heteroatoms. The van der Waals surface area contributed by atoms with Crippen LogP contribution in [0.1, 0.15) is 26.5 Å². The minimum atomic E-state index is -4.64. The number of nitrogens with zero attached hydrogens (tertiary/aromatic N) is 4. The molecular formula is C20H19F5N6. The van der Waals surface area contributed by atoms with Crippen LogP contribution in [0.25, 0.3) is 11.5 Å². The van der Waals surface area contributed by atoms with Gasteiger partial charge in [0.2, 0.25) is 11.9 Å². The molecule has 0 radical (unpaired) electrons. The minimum Gasteiger partial charge on any atom is -0.354 e. The molecule has 0 amide bonds. The van der Waals surface area contributed by atoms with Crippen LogP contribution in [0.15, 0.2) is 36.4 Å². The number of hydrogen-bond acceptors (Lipinski definition) is 6. The number of benzene rings is 1. The van der Waals surface area contributed by atoms with E-state index in [1.807, 2.05) is 20.8 Å². The normalized spacial score (nSPS) is 12.0. The second kappa shape index (κ2) is 8.40. The van der Waals surface area contributed by atoms with Crippen molar-refractivity contribution in [2.45, 2.75) is 26.9 Å². The number of halogens is 5. The van der Waals surface area contributed by atoms with Gasteiger partial charge in [-0.15, -0.1) is 0 Å². The Bertz CT molecular complexity index is 1060. The molecule has 0 fully saturated rings. The standard InChI is InChI=1S/C20H19F5N6/c1-19(2,3)10-26-17-29-16(14-5-4-6-15(28-14)20(23,24)25)30-18(31-17)27-13-8-11(21)7-12(22)9-13/h4-9H,10H2,1-3H3,(H2,26,27,29,30,31). The van der Waals surface area contributed by atoms with Crippen molar-refractivity contribution in [3.8, 4) is 11.5 Å².